The lowest BCUT2D eigenvalue weighted by molar-refractivity contribution is 0.193. The predicted molar refractivity (Wildman–Crippen MR) is 109 cm³/mol. The third kappa shape index (κ3) is 5.57. The first kappa shape index (κ1) is 20.5. The molecule has 0 aliphatic heterocycles. The lowest BCUT2D eigenvalue weighted by Gasteiger charge is -2.28. The highest BCUT2D eigenvalue weighted by molar-refractivity contribution is 7.11. The molecule has 2 heterocycles. The summed E-state index contributed by atoms with van der Waals surface area (Å²) >= 11 is 1.71. The average molecular weight is 378 g/mol. The Labute approximate surface area is 160 Å². The molecule has 0 bridgehead atoms. The van der Waals surface area contributed by atoms with Crippen LogP contribution in [0.1, 0.15) is 48.2 Å². The highest BCUT2D eigenvalue weighted by Crippen LogP contribution is 2.20. The Hall–Kier alpha value is -1.86. The van der Waals surface area contributed by atoms with Crippen LogP contribution in [0.2, 0.25) is 0 Å². The first-order valence-electron chi connectivity index (χ1n) is 9.31. The summed E-state index contributed by atoms with van der Waals surface area (Å²) in [6.45, 7) is 14.6. The number of furan rings is 1. The maximum atomic E-state index is 5.67. The zero-order valence-electron chi connectivity index (χ0n) is 16.5. The standard InChI is InChI=1S/C19H31N5OS/c1-6-20-19(22-13-18-14(4)23-15(5)26-18)21-12-16(24(7-2)8-3)17-10-9-11-25-17/h9-11,16H,6-8,12-13H2,1-5H3,(H2,20,21,22). The molecular formula is C19H31N5OS. The molecular weight excluding hydrogens is 346 g/mol. The van der Waals surface area contributed by atoms with Crippen LogP contribution in [0.3, 0.4) is 0 Å². The van der Waals surface area contributed by atoms with Crippen LogP contribution in [0.25, 0.3) is 0 Å². The highest BCUT2D eigenvalue weighted by atomic mass is 32.1. The van der Waals surface area contributed by atoms with Crippen molar-refractivity contribution in [2.45, 2.75) is 47.2 Å². The van der Waals surface area contributed by atoms with Crippen molar-refractivity contribution in [2.75, 3.05) is 26.2 Å². The predicted octanol–water partition coefficient (Wildman–Crippen LogP) is 3.49. The molecule has 1 unspecified atom stereocenters. The maximum Gasteiger partial charge on any atom is 0.191 e. The molecule has 2 aromatic rings. The van der Waals surface area contributed by atoms with Crippen LogP contribution in [-0.4, -0.2) is 42.0 Å². The van der Waals surface area contributed by atoms with E-state index in [1.807, 2.05) is 26.0 Å². The second-order valence-corrected chi connectivity index (χ2v) is 7.36. The van der Waals surface area contributed by atoms with Crippen molar-refractivity contribution in [2.24, 2.45) is 4.99 Å². The molecule has 2 aromatic heterocycles. The summed E-state index contributed by atoms with van der Waals surface area (Å²) < 4.78 is 5.67. The summed E-state index contributed by atoms with van der Waals surface area (Å²) in [5.41, 5.74) is 1.07. The van der Waals surface area contributed by atoms with Crippen molar-refractivity contribution in [3.63, 3.8) is 0 Å². The highest BCUT2D eigenvalue weighted by Gasteiger charge is 2.20. The third-order valence-electron chi connectivity index (χ3n) is 4.31. The van der Waals surface area contributed by atoms with Crippen LogP contribution in [0.15, 0.2) is 27.8 Å². The Balaban J connectivity index is 2.07. The minimum Gasteiger partial charge on any atom is -0.468 e. The summed E-state index contributed by atoms with van der Waals surface area (Å²) in [5, 5.41) is 7.89. The van der Waals surface area contributed by atoms with E-state index in [0.29, 0.717) is 6.54 Å². The molecule has 0 saturated carbocycles. The molecule has 0 amide bonds. The Morgan fingerprint density at radius 2 is 2.04 bits per heavy atom. The van der Waals surface area contributed by atoms with Crippen LogP contribution in [0.4, 0.5) is 0 Å². The van der Waals surface area contributed by atoms with E-state index in [4.69, 9.17) is 9.41 Å². The van der Waals surface area contributed by atoms with Crippen molar-refractivity contribution in [1.29, 1.82) is 0 Å². The minimum atomic E-state index is 0.177. The number of aryl methyl sites for hydroxylation is 2. The van der Waals surface area contributed by atoms with E-state index in [1.165, 1.54) is 4.88 Å². The fourth-order valence-corrected chi connectivity index (χ4v) is 3.82. The van der Waals surface area contributed by atoms with Gasteiger partial charge in [-0.25, -0.2) is 9.98 Å². The normalized spacial score (nSPS) is 13.2. The summed E-state index contributed by atoms with van der Waals surface area (Å²) in [5.74, 6) is 1.80. The monoisotopic (exact) mass is 377 g/mol. The van der Waals surface area contributed by atoms with E-state index in [0.717, 1.165) is 48.6 Å². The number of hydrogen-bond acceptors (Lipinski definition) is 5. The molecule has 0 spiro atoms. The van der Waals surface area contributed by atoms with Crippen molar-refractivity contribution >= 4 is 17.3 Å². The third-order valence-corrected chi connectivity index (χ3v) is 5.37. The number of aliphatic imine (C=N–C) groups is 1. The lowest BCUT2D eigenvalue weighted by Crippen LogP contribution is -2.43. The Morgan fingerprint density at radius 1 is 1.27 bits per heavy atom. The molecule has 0 aliphatic carbocycles. The summed E-state index contributed by atoms with van der Waals surface area (Å²) in [7, 11) is 0. The number of guanidine groups is 1. The first-order chi connectivity index (χ1) is 12.6. The van der Waals surface area contributed by atoms with Crippen LogP contribution in [-0.2, 0) is 6.54 Å². The minimum absolute atomic E-state index is 0.177. The number of aromatic nitrogens is 1. The van der Waals surface area contributed by atoms with E-state index in [1.54, 1.807) is 17.6 Å². The molecule has 0 aromatic carbocycles. The van der Waals surface area contributed by atoms with Gasteiger partial charge in [-0.3, -0.25) is 4.90 Å². The van der Waals surface area contributed by atoms with Crippen molar-refractivity contribution in [1.82, 2.24) is 20.5 Å². The molecule has 2 N–H and O–H groups in total. The molecule has 0 saturated heterocycles. The lowest BCUT2D eigenvalue weighted by atomic mass is 10.2. The Kier molecular flexibility index (Phi) is 8.12. The fourth-order valence-electron chi connectivity index (χ4n) is 2.96. The molecule has 6 nitrogen and oxygen atoms in total. The largest absolute Gasteiger partial charge is 0.468 e. The van der Waals surface area contributed by atoms with Gasteiger partial charge in [-0.05, 0) is 46.0 Å². The Morgan fingerprint density at radius 3 is 2.58 bits per heavy atom. The molecule has 0 radical (unpaired) electrons. The van der Waals surface area contributed by atoms with Gasteiger partial charge in [0.25, 0.3) is 0 Å². The van der Waals surface area contributed by atoms with E-state index in [-0.39, 0.29) is 6.04 Å². The maximum absolute atomic E-state index is 5.67. The number of rotatable bonds is 9. The second-order valence-electron chi connectivity index (χ2n) is 6.07. The molecule has 26 heavy (non-hydrogen) atoms. The fraction of sp³-hybridized carbons (Fsp3) is 0.579. The Bertz CT molecular complexity index is 676. The van der Waals surface area contributed by atoms with Gasteiger partial charge in [-0.15, -0.1) is 11.3 Å². The first-order valence-corrected chi connectivity index (χ1v) is 10.1. The second kappa shape index (κ2) is 10.3. The van der Waals surface area contributed by atoms with Gasteiger partial charge in [0.1, 0.15) is 5.76 Å². The van der Waals surface area contributed by atoms with Gasteiger partial charge in [-0.2, -0.15) is 0 Å². The zero-order valence-corrected chi connectivity index (χ0v) is 17.3. The van der Waals surface area contributed by atoms with Gasteiger partial charge in [0.15, 0.2) is 5.96 Å². The molecule has 144 valence electrons. The van der Waals surface area contributed by atoms with Gasteiger partial charge in [0, 0.05) is 18.0 Å². The number of thiazole rings is 1. The van der Waals surface area contributed by atoms with E-state index < -0.39 is 0 Å². The van der Waals surface area contributed by atoms with Gasteiger partial charge >= 0.3 is 0 Å². The van der Waals surface area contributed by atoms with Gasteiger partial charge in [0.2, 0.25) is 0 Å². The van der Waals surface area contributed by atoms with E-state index in [2.05, 4.69) is 41.3 Å². The quantitative estimate of drug-likeness (QED) is 0.517. The van der Waals surface area contributed by atoms with Gasteiger partial charge < -0.3 is 15.1 Å². The zero-order chi connectivity index (χ0) is 18.9. The van der Waals surface area contributed by atoms with Crippen LogP contribution in [0.5, 0.6) is 0 Å². The van der Waals surface area contributed by atoms with E-state index in [9.17, 15) is 0 Å². The van der Waals surface area contributed by atoms with Gasteiger partial charge in [0.05, 0.1) is 29.6 Å². The molecule has 2 rings (SSSR count). The van der Waals surface area contributed by atoms with Crippen molar-refractivity contribution < 1.29 is 4.42 Å². The average Bonchev–Trinajstić information content (AvgIpc) is 3.25. The van der Waals surface area contributed by atoms with Crippen LogP contribution >= 0.6 is 11.3 Å². The molecule has 7 heteroatoms. The summed E-state index contributed by atoms with van der Waals surface area (Å²) in [6, 6.07) is 4.16. The number of nitrogens with one attached hydrogen (secondary N) is 2. The SMILES string of the molecule is CCNC(=NCc1sc(C)nc1C)NCC(c1ccco1)N(CC)CC. The molecule has 0 fully saturated rings. The van der Waals surface area contributed by atoms with Gasteiger partial charge in [-0.1, -0.05) is 13.8 Å². The summed E-state index contributed by atoms with van der Waals surface area (Å²) in [6.07, 6.45) is 1.74. The smallest absolute Gasteiger partial charge is 0.191 e. The van der Waals surface area contributed by atoms with E-state index >= 15 is 0 Å². The van der Waals surface area contributed by atoms with Crippen LogP contribution < -0.4 is 10.6 Å². The topological polar surface area (TPSA) is 65.7 Å². The summed E-state index contributed by atoms with van der Waals surface area (Å²) in [4.78, 5) is 12.8. The molecule has 0 aliphatic rings. The van der Waals surface area contributed by atoms with Crippen LogP contribution in [0, 0.1) is 13.8 Å². The number of nitrogens with zero attached hydrogens (tertiary/aromatic N) is 3. The van der Waals surface area contributed by atoms with Crippen molar-refractivity contribution in [3.05, 3.63) is 39.7 Å². The van der Waals surface area contributed by atoms with Crippen molar-refractivity contribution in [3.8, 4) is 0 Å². The number of hydrogen-bond donors (Lipinski definition) is 2. The molecule has 1 atom stereocenters. The number of likely N-dealkylation sites (N-methyl/N-ethyl adjacent to an activating group) is 1.